The number of amides is 1. The zero-order valence-electron chi connectivity index (χ0n) is 13.1. The normalized spacial score (nSPS) is 17.3. The van der Waals surface area contributed by atoms with Crippen molar-refractivity contribution in [2.75, 3.05) is 6.54 Å². The van der Waals surface area contributed by atoms with Crippen LogP contribution in [0.15, 0.2) is 59.7 Å². The summed E-state index contributed by atoms with van der Waals surface area (Å²) in [5.41, 5.74) is 1.93. The number of para-hydroxylation sites is 1. The van der Waals surface area contributed by atoms with E-state index in [2.05, 4.69) is 9.97 Å². The van der Waals surface area contributed by atoms with Crippen LogP contribution in [0.5, 0.6) is 0 Å². The molecule has 1 aliphatic rings. The maximum atomic E-state index is 13.1. The first kappa shape index (κ1) is 14.6. The fraction of sp³-hybridized carbons (Fsp3) is 0.211. The molecule has 4 rings (SSSR count). The van der Waals surface area contributed by atoms with Crippen LogP contribution in [-0.2, 0) is 0 Å². The molecule has 5 nitrogen and oxygen atoms in total. The number of aromatic nitrogens is 2. The van der Waals surface area contributed by atoms with Gasteiger partial charge in [0, 0.05) is 35.9 Å². The highest BCUT2D eigenvalue weighted by molar-refractivity contribution is 6.06. The van der Waals surface area contributed by atoms with Crippen LogP contribution < -0.4 is 5.56 Å². The van der Waals surface area contributed by atoms with Crippen molar-refractivity contribution in [3.05, 3.63) is 76.3 Å². The molecule has 0 bridgehead atoms. The lowest BCUT2D eigenvalue weighted by Gasteiger charge is -2.25. The van der Waals surface area contributed by atoms with E-state index in [0.717, 1.165) is 23.8 Å². The Morgan fingerprint density at radius 3 is 2.92 bits per heavy atom. The minimum absolute atomic E-state index is 0.0178. The lowest BCUT2D eigenvalue weighted by molar-refractivity contribution is 0.0737. The number of pyridine rings is 2. The number of rotatable bonds is 2. The summed E-state index contributed by atoms with van der Waals surface area (Å²) in [6.45, 7) is 0.694. The summed E-state index contributed by atoms with van der Waals surface area (Å²) in [6.07, 6.45) is 5.41. The van der Waals surface area contributed by atoms with Crippen molar-refractivity contribution in [1.82, 2.24) is 14.9 Å². The number of carbonyl (C=O) groups is 1. The molecule has 1 fully saturated rings. The number of aromatic amines is 1. The average molecular weight is 319 g/mol. The van der Waals surface area contributed by atoms with Crippen LogP contribution in [0, 0.1) is 0 Å². The van der Waals surface area contributed by atoms with Gasteiger partial charge >= 0.3 is 0 Å². The number of hydrogen-bond donors (Lipinski definition) is 1. The molecule has 0 unspecified atom stereocenters. The van der Waals surface area contributed by atoms with Gasteiger partial charge in [0.05, 0.1) is 11.6 Å². The standard InChI is InChI=1S/C19H17N3O2/c23-18-11-15(14-6-1-2-7-16(14)21-18)19(24)22-10-4-8-17(22)13-5-3-9-20-12-13/h1-3,5-7,9,11-12,17H,4,8,10H2,(H,21,23)/t17-/m0/s1. The molecule has 0 saturated carbocycles. The fourth-order valence-electron chi connectivity index (χ4n) is 3.47. The molecule has 1 aliphatic heterocycles. The summed E-state index contributed by atoms with van der Waals surface area (Å²) in [7, 11) is 0. The zero-order valence-corrected chi connectivity index (χ0v) is 13.1. The number of H-pyrrole nitrogens is 1. The smallest absolute Gasteiger partial charge is 0.255 e. The van der Waals surface area contributed by atoms with Crippen molar-refractivity contribution in [2.24, 2.45) is 0 Å². The predicted molar refractivity (Wildman–Crippen MR) is 91.8 cm³/mol. The highest BCUT2D eigenvalue weighted by Gasteiger charge is 2.31. The summed E-state index contributed by atoms with van der Waals surface area (Å²) in [5, 5.41) is 0.777. The molecular formula is C19H17N3O2. The van der Waals surface area contributed by atoms with E-state index in [1.807, 2.05) is 47.5 Å². The highest BCUT2D eigenvalue weighted by atomic mass is 16.2. The third-order valence-corrected chi connectivity index (χ3v) is 4.56. The molecule has 1 N–H and O–H groups in total. The van der Waals surface area contributed by atoms with Gasteiger partial charge in [0.2, 0.25) is 5.56 Å². The largest absolute Gasteiger partial charge is 0.332 e. The van der Waals surface area contributed by atoms with Crippen LogP contribution in [-0.4, -0.2) is 27.3 Å². The third kappa shape index (κ3) is 2.48. The van der Waals surface area contributed by atoms with Gasteiger partial charge in [-0.3, -0.25) is 14.6 Å². The number of likely N-dealkylation sites (tertiary alicyclic amines) is 1. The van der Waals surface area contributed by atoms with Gasteiger partial charge in [0.25, 0.3) is 5.91 Å². The van der Waals surface area contributed by atoms with Gasteiger partial charge in [-0.15, -0.1) is 0 Å². The van der Waals surface area contributed by atoms with E-state index in [9.17, 15) is 9.59 Å². The quantitative estimate of drug-likeness (QED) is 0.790. The van der Waals surface area contributed by atoms with Crippen molar-refractivity contribution in [1.29, 1.82) is 0 Å². The highest BCUT2D eigenvalue weighted by Crippen LogP contribution is 2.33. The molecule has 3 aromatic rings. The lowest BCUT2D eigenvalue weighted by atomic mass is 10.0. The second-order valence-corrected chi connectivity index (χ2v) is 6.04. The van der Waals surface area contributed by atoms with Crippen molar-refractivity contribution >= 4 is 16.8 Å². The maximum absolute atomic E-state index is 13.1. The molecule has 2 aromatic heterocycles. The second kappa shape index (κ2) is 5.92. The van der Waals surface area contributed by atoms with E-state index in [0.29, 0.717) is 17.6 Å². The summed E-state index contributed by atoms with van der Waals surface area (Å²) >= 11 is 0. The molecule has 5 heteroatoms. The first-order valence-electron chi connectivity index (χ1n) is 8.07. The van der Waals surface area contributed by atoms with E-state index < -0.39 is 0 Å². The molecular weight excluding hydrogens is 302 g/mol. The molecule has 1 amide bonds. The Hall–Kier alpha value is -2.95. The summed E-state index contributed by atoms with van der Waals surface area (Å²) < 4.78 is 0. The first-order valence-corrected chi connectivity index (χ1v) is 8.07. The summed E-state index contributed by atoms with van der Waals surface area (Å²) in [5.74, 6) is -0.0938. The first-order chi connectivity index (χ1) is 11.7. The molecule has 120 valence electrons. The van der Waals surface area contributed by atoms with Crippen LogP contribution in [0.25, 0.3) is 10.9 Å². The van der Waals surface area contributed by atoms with E-state index in [1.54, 1.807) is 6.20 Å². The van der Waals surface area contributed by atoms with Gasteiger partial charge in [-0.25, -0.2) is 0 Å². The third-order valence-electron chi connectivity index (χ3n) is 4.56. The second-order valence-electron chi connectivity index (χ2n) is 6.04. The number of hydrogen-bond acceptors (Lipinski definition) is 3. The molecule has 1 atom stereocenters. The maximum Gasteiger partial charge on any atom is 0.255 e. The van der Waals surface area contributed by atoms with Crippen molar-refractivity contribution < 1.29 is 4.79 Å². The molecule has 0 spiro atoms. The number of benzene rings is 1. The summed E-state index contributed by atoms with van der Waals surface area (Å²) in [6, 6.07) is 12.7. The minimum Gasteiger partial charge on any atom is -0.332 e. The Kier molecular flexibility index (Phi) is 3.61. The van der Waals surface area contributed by atoms with Gasteiger partial charge in [-0.1, -0.05) is 24.3 Å². The fourth-order valence-corrected chi connectivity index (χ4v) is 3.47. The molecule has 24 heavy (non-hydrogen) atoms. The number of nitrogens with one attached hydrogen (secondary N) is 1. The van der Waals surface area contributed by atoms with Crippen molar-refractivity contribution in [3.8, 4) is 0 Å². The Labute approximate surface area is 139 Å². The SMILES string of the molecule is O=C(c1cc(=O)[nH]c2ccccc12)N1CCC[C@H]1c1cccnc1. The average Bonchev–Trinajstić information content (AvgIpc) is 3.11. The number of carbonyl (C=O) groups excluding carboxylic acids is 1. The summed E-state index contributed by atoms with van der Waals surface area (Å²) in [4.78, 5) is 33.9. The van der Waals surface area contributed by atoms with Gasteiger partial charge in [0.15, 0.2) is 0 Å². The molecule has 1 saturated heterocycles. The minimum atomic E-state index is -0.255. The topological polar surface area (TPSA) is 66.1 Å². The Morgan fingerprint density at radius 1 is 1.21 bits per heavy atom. The zero-order chi connectivity index (χ0) is 16.5. The van der Waals surface area contributed by atoms with Crippen LogP contribution >= 0.6 is 0 Å². The van der Waals surface area contributed by atoms with Crippen LogP contribution in [0.1, 0.15) is 34.8 Å². The van der Waals surface area contributed by atoms with Crippen molar-refractivity contribution in [3.63, 3.8) is 0 Å². The molecule has 0 radical (unpaired) electrons. The molecule has 1 aromatic carbocycles. The van der Waals surface area contributed by atoms with E-state index >= 15 is 0 Å². The monoisotopic (exact) mass is 319 g/mol. The van der Waals surface area contributed by atoms with Crippen LogP contribution in [0.4, 0.5) is 0 Å². The van der Waals surface area contributed by atoms with Crippen molar-refractivity contribution in [2.45, 2.75) is 18.9 Å². The molecule has 0 aliphatic carbocycles. The van der Waals surface area contributed by atoms with Crippen LogP contribution in [0.2, 0.25) is 0 Å². The van der Waals surface area contributed by atoms with Gasteiger partial charge in [-0.2, -0.15) is 0 Å². The van der Waals surface area contributed by atoms with E-state index in [1.165, 1.54) is 6.07 Å². The lowest BCUT2D eigenvalue weighted by Crippen LogP contribution is -2.31. The van der Waals surface area contributed by atoms with Gasteiger partial charge < -0.3 is 9.88 Å². The Bertz CT molecular complexity index is 949. The van der Waals surface area contributed by atoms with E-state index in [-0.39, 0.29) is 17.5 Å². The van der Waals surface area contributed by atoms with Gasteiger partial charge in [0.1, 0.15) is 0 Å². The van der Waals surface area contributed by atoms with Gasteiger partial charge in [-0.05, 0) is 30.5 Å². The van der Waals surface area contributed by atoms with Crippen LogP contribution in [0.3, 0.4) is 0 Å². The number of nitrogens with zero attached hydrogens (tertiary/aromatic N) is 2. The Morgan fingerprint density at radius 2 is 2.08 bits per heavy atom. The number of fused-ring (bicyclic) bond motifs is 1. The predicted octanol–water partition coefficient (Wildman–Crippen LogP) is 2.90. The molecule has 3 heterocycles. The van der Waals surface area contributed by atoms with E-state index in [4.69, 9.17) is 0 Å². The Balaban J connectivity index is 1.77.